The highest BCUT2D eigenvalue weighted by Gasteiger charge is 2.64. The van der Waals surface area contributed by atoms with Crippen LogP contribution < -0.4 is 4.74 Å². The van der Waals surface area contributed by atoms with E-state index in [1.165, 1.54) is 0 Å². The van der Waals surface area contributed by atoms with Crippen molar-refractivity contribution in [2.75, 3.05) is 6.61 Å². The predicted molar refractivity (Wildman–Crippen MR) is 69.4 cm³/mol. The fraction of sp³-hybridized carbons (Fsp3) is 0.500. The first-order chi connectivity index (χ1) is 9.04. The van der Waals surface area contributed by atoms with Gasteiger partial charge in [-0.05, 0) is 26.0 Å². The minimum absolute atomic E-state index is 0.0187. The second kappa shape index (κ2) is 4.39. The molecule has 1 fully saturated rings. The largest absolute Gasteiger partial charge is 0.488 e. The summed E-state index contributed by atoms with van der Waals surface area (Å²) in [5.74, 6) is 0.245. The molecule has 1 N–H and O–H groups in total. The van der Waals surface area contributed by atoms with E-state index in [1.54, 1.807) is 19.9 Å². The van der Waals surface area contributed by atoms with Crippen molar-refractivity contribution in [1.29, 1.82) is 0 Å². The van der Waals surface area contributed by atoms with E-state index in [1.807, 2.05) is 6.07 Å². The van der Waals surface area contributed by atoms with Crippen LogP contribution in [0.25, 0.3) is 0 Å². The summed E-state index contributed by atoms with van der Waals surface area (Å²) in [6.45, 7) is 3.82. The van der Waals surface area contributed by atoms with Gasteiger partial charge in [-0.15, -0.1) is 0 Å². The Morgan fingerprint density at radius 2 is 2.32 bits per heavy atom. The number of fused-ring (bicyclic) bond motifs is 3. The maximum absolute atomic E-state index is 11.7. The number of carbonyl (C=O) groups excluding carboxylic acids is 1. The number of aliphatic hydroxyl groups is 1. The number of hydrogen-bond acceptors (Lipinski definition) is 4. The van der Waals surface area contributed by atoms with Crippen molar-refractivity contribution in [1.82, 2.24) is 0 Å². The van der Waals surface area contributed by atoms with Gasteiger partial charge >= 0.3 is 5.97 Å². The minimum Gasteiger partial charge on any atom is -0.488 e. The molecule has 3 rings (SSSR count). The fourth-order valence-electron chi connectivity index (χ4n) is 2.79. The van der Waals surface area contributed by atoms with Gasteiger partial charge < -0.3 is 14.6 Å². The highest BCUT2D eigenvalue weighted by Crippen LogP contribution is 2.60. The van der Waals surface area contributed by atoms with Crippen LogP contribution in [0.5, 0.6) is 5.75 Å². The van der Waals surface area contributed by atoms with Gasteiger partial charge in [-0.25, -0.2) is 0 Å². The van der Waals surface area contributed by atoms with Crippen LogP contribution in [0.3, 0.4) is 0 Å². The van der Waals surface area contributed by atoms with Crippen molar-refractivity contribution in [3.8, 4) is 5.75 Å². The lowest BCUT2D eigenvalue weighted by molar-refractivity contribution is -0.145. The van der Waals surface area contributed by atoms with E-state index >= 15 is 0 Å². The molecule has 1 aliphatic carbocycles. The Balaban J connectivity index is 1.92. The molecule has 19 heavy (non-hydrogen) atoms. The molecule has 1 saturated carbocycles. The molecule has 0 spiro atoms. The molecule has 0 bridgehead atoms. The number of ether oxygens (including phenoxy) is 2. The zero-order valence-corrected chi connectivity index (χ0v) is 11.5. The Morgan fingerprint density at radius 3 is 2.95 bits per heavy atom. The lowest BCUT2D eigenvalue weighted by Gasteiger charge is -2.15. The SMILES string of the molecule is CCOC(=O)[C@@H]1[C@H]2Oc3c(cc(Cl)cc3[C@@H](C)O)[C@H]21. The maximum Gasteiger partial charge on any atom is 0.313 e. The molecule has 102 valence electrons. The Labute approximate surface area is 116 Å². The third kappa shape index (κ3) is 1.90. The molecule has 2 aliphatic rings. The Hall–Kier alpha value is -1.26. The molecule has 4 atom stereocenters. The summed E-state index contributed by atoms with van der Waals surface area (Å²) in [4.78, 5) is 11.7. The summed E-state index contributed by atoms with van der Waals surface area (Å²) in [6.07, 6.45) is -0.809. The molecule has 1 aromatic carbocycles. The minimum atomic E-state index is -0.647. The van der Waals surface area contributed by atoms with Gasteiger partial charge in [0.25, 0.3) is 0 Å². The molecule has 0 unspecified atom stereocenters. The first-order valence-corrected chi connectivity index (χ1v) is 6.77. The average molecular weight is 283 g/mol. The number of halogens is 1. The van der Waals surface area contributed by atoms with E-state index < -0.39 is 6.10 Å². The van der Waals surface area contributed by atoms with Crippen molar-refractivity contribution in [2.45, 2.75) is 32.0 Å². The van der Waals surface area contributed by atoms with Crippen LogP contribution in [0.15, 0.2) is 12.1 Å². The third-order valence-corrected chi connectivity index (χ3v) is 3.91. The molecule has 1 heterocycles. The monoisotopic (exact) mass is 282 g/mol. The van der Waals surface area contributed by atoms with E-state index in [4.69, 9.17) is 21.1 Å². The quantitative estimate of drug-likeness (QED) is 0.865. The van der Waals surface area contributed by atoms with Gasteiger partial charge in [-0.1, -0.05) is 11.6 Å². The van der Waals surface area contributed by atoms with Crippen molar-refractivity contribution < 1.29 is 19.4 Å². The topological polar surface area (TPSA) is 55.8 Å². The van der Waals surface area contributed by atoms with Crippen molar-refractivity contribution in [3.05, 3.63) is 28.3 Å². The van der Waals surface area contributed by atoms with Gasteiger partial charge in [0.05, 0.1) is 12.7 Å². The summed E-state index contributed by atoms with van der Waals surface area (Å²) < 4.78 is 10.8. The van der Waals surface area contributed by atoms with E-state index in [0.717, 1.165) is 5.56 Å². The van der Waals surface area contributed by atoms with E-state index in [0.29, 0.717) is 22.9 Å². The lowest BCUT2D eigenvalue weighted by Crippen LogP contribution is -2.14. The van der Waals surface area contributed by atoms with Crippen LogP contribution >= 0.6 is 11.6 Å². The van der Waals surface area contributed by atoms with Gasteiger partial charge in [-0.3, -0.25) is 4.79 Å². The van der Waals surface area contributed by atoms with Crippen LogP contribution in [-0.4, -0.2) is 23.8 Å². The summed E-state index contributed by atoms with van der Waals surface area (Å²) in [5, 5.41) is 10.3. The van der Waals surface area contributed by atoms with E-state index in [-0.39, 0.29) is 23.9 Å². The average Bonchev–Trinajstić information content (AvgIpc) is 2.94. The second-order valence-corrected chi connectivity index (χ2v) is 5.41. The molecule has 1 aromatic rings. The molecule has 5 heteroatoms. The van der Waals surface area contributed by atoms with Crippen molar-refractivity contribution in [3.63, 3.8) is 0 Å². The smallest absolute Gasteiger partial charge is 0.313 e. The highest BCUT2D eigenvalue weighted by molar-refractivity contribution is 6.30. The number of hydrogen-bond donors (Lipinski definition) is 1. The molecule has 0 radical (unpaired) electrons. The summed E-state index contributed by atoms with van der Waals surface area (Å²) in [6, 6.07) is 3.52. The van der Waals surface area contributed by atoms with E-state index in [9.17, 15) is 9.90 Å². The third-order valence-electron chi connectivity index (χ3n) is 3.69. The second-order valence-electron chi connectivity index (χ2n) is 4.98. The lowest BCUT2D eigenvalue weighted by atomic mass is 10.0. The number of aliphatic hydroxyl groups excluding tert-OH is 1. The maximum atomic E-state index is 11.7. The van der Waals surface area contributed by atoms with Crippen LogP contribution in [0.4, 0.5) is 0 Å². The van der Waals surface area contributed by atoms with Crippen molar-refractivity contribution in [2.24, 2.45) is 5.92 Å². The summed E-state index contributed by atoms with van der Waals surface area (Å²) in [5.41, 5.74) is 1.59. The van der Waals surface area contributed by atoms with Crippen LogP contribution in [-0.2, 0) is 9.53 Å². The zero-order valence-electron chi connectivity index (χ0n) is 10.7. The highest BCUT2D eigenvalue weighted by atomic mass is 35.5. The number of carbonyl (C=O) groups is 1. The number of benzene rings is 1. The van der Waals surface area contributed by atoms with E-state index in [2.05, 4.69) is 0 Å². The molecular weight excluding hydrogens is 268 g/mol. The first kappa shape index (κ1) is 12.8. The number of esters is 1. The van der Waals surface area contributed by atoms with Crippen LogP contribution in [0.2, 0.25) is 5.02 Å². The molecule has 4 nitrogen and oxygen atoms in total. The molecular formula is C14H15ClO4. The predicted octanol–water partition coefficient (Wildman–Crippen LogP) is 2.43. The summed E-state index contributed by atoms with van der Waals surface area (Å²) >= 11 is 6.06. The van der Waals surface area contributed by atoms with Gasteiger partial charge in [0, 0.05) is 22.1 Å². The summed E-state index contributed by atoms with van der Waals surface area (Å²) in [7, 11) is 0. The molecule has 1 aliphatic heterocycles. The van der Waals surface area contributed by atoms with Crippen molar-refractivity contribution >= 4 is 17.6 Å². The van der Waals surface area contributed by atoms with Crippen LogP contribution in [0, 0.1) is 5.92 Å². The molecule has 0 saturated heterocycles. The zero-order chi connectivity index (χ0) is 13.7. The molecule has 0 amide bonds. The molecule has 0 aromatic heterocycles. The Morgan fingerprint density at radius 1 is 1.58 bits per heavy atom. The Bertz CT molecular complexity index is 540. The number of rotatable bonds is 3. The fourth-order valence-corrected chi connectivity index (χ4v) is 3.02. The van der Waals surface area contributed by atoms with Gasteiger partial charge in [0.15, 0.2) is 0 Å². The Kier molecular flexibility index (Phi) is 2.95. The van der Waals surface area contributed by atoms with Gasteiger partial charge in [0.1, 0.15) is 17.8 Å². The van der Waals surface area contributed by atoms with Gasteiger partial charge in [0.2, 0.25) is 0 Å². The van der Waals surface area contributed by atoms with Crippen LogP contribution in [0.1, 0.15) is 37.0 Å². The standard InChI is InChI=1S/C14H15ClO4/c1-3-18-14(17)11-10-9-5-7(15)4-8(6(2)16)12(9)19-13(10)11/h4-6,10-11,13,16H,3H2,1-2H3/t6-,10+,11+,13+/m1/s1. The first-order valence-electron chi connectivity index (χ1n) is 6.39. The normalized spacial score (nSPS) is 28.1. The van der Waals surface area contributed by atoms with Gasteiger partial charge in [-0.2, -0.15) is 0 Å².